The normalized spacial score (nSPS) is 12.2. The van der Waals surface area contributed by atoms with Crippen LogP contribution in [0.4, 0.5) is 0 Å². The lowest BCUT2D eigenvalue weighted by Crippen LogP contribution is -2.35. The first-order valence-electron chi connectivity index (χ1n) is 19.7. The van der Waals surface area contributed by atoms with Crippen LogP contribution in [-0.4, -0.2) is 87.6 Å². The van der Waals surface area contributed by atoms with Crippen molar-refractivity contribution in [2.45, 2.75) is 168 Å². The summed E-state index contributed by atoms with van der Waals surface area (Å²) in [5.41, 5.74) is 7.09. The molecule has 0 aromatic heterocycles. The highest BCUT2D eigenvalue weighted by Crippen LogP contribution is 2.20. The molecule has 0 radical (unpaired) electrons. The Labute approximate surface area is 314 Å². The number of carbonyl (C=O) groups is 4. The molecule has 0 rings (SSSR count). The van der Waals surface area contributed by atoms with E-state index < -0.39 is 23.1 Å². The minimum Gasteiger partial charge on any atom is -0.460 e. The second-order valence-corrected chi connectivity index (χ2v) is 15.4. The van der Waals surface area contributed by atoms with Crippen LogP contribution in [0.2, 0.25) is 0 Å². The van der Waals surface area contributed by atoms with E-state index in [4.69, 9.17) is 29.2 Å². The molecule has 0 saturated heterocycles. The maximum absolute atomic E-state index is 12.9. The van der Waals surface area contributed by atoms with Crippen LogP contribution >= 0.6 is 0 Å². The number of nitrogens with one attached hydrogen (secondary N) is 1. The summed E-state index contributed by atoms with van der Waals surface area (Å²) in [6.07, 6.45) is 16.8. The number of hydrogen-bond acceptors (Lipinski definition) is 10. The molecule has 0 unspecified atom stereocenters. The molecule has 0 aromatic rings. The SMILES string of the molecule is CC(C)(C)OC(=O)CCCCCCCCCCCCCCCCC(=O)C[C@@H](CC(=O)NCCOCCOCCOCCN=[N+]=[N-])C(=O)OC(C)(C)C. The van der Waals surface area contributed by atoms with Crippen LogP contribution in [0.25, 0.3) is 10.4 Å². The fraction of sp³-hybridized carbons (Fsp3) is 0.897. The summed E-state index contributed by atoms with van der Waals surface area (Å²) in [7, 11) is 0. The lowest BCUT2D eigenvalue weighted by atomic mass is 9.95. The predicted molar refractivity (Wildman–Crippen MR) is 203 cm³/mol. The Bertz CT molecular complexity index is 1000. The zero-order valence-corrected chi connectivity index (χ0v) is 33.5. The summed E-state index contributed by atoms with van der Waals surface area (Å²) in [5, 5.41) is 6.13. The van der Waals surface area contributed by atoms with Gasteiger partial charge in [0.15, 0.2) is 0 Å². The summed E-state index contributed by atoms with van der Waals surface area (Å²) in [5.74, 6) is -1.78. The van der Waals surface area contributed by atoms with E-state index in [1.807, 2.05) is 20.8 Å². The van der Waals surface area contributed by atoms with E-state index in [1.165, 1.54) is 57.8 Å². The number of nitrogens with zero attached hydrogens (tertiary/aromatic N) is 3. The van der Waals surface area contributed by atoms with Crippen molar-refractivity contribution in [2.24, 2.45) is 11.0 Å². The number of amides is 1. The van der Waals surface area contributed by atoms with Gasteiger partial charge in [-0.1, -0.05) is 82.2 Å². The summed E-state index contributed by atoms with van der Waals surface area (Å²) in [6.45, 7) is 13.7. The Kier molecular flexibility index (Phi) is 30.1. The van der Waals surface area contributed by atoms with Crippen LogP contribution < -0.4 is 5.32 Å². The first-order chi connectivity index (χ1) is 24.7. The van der Waals surface area contributed by atoms with Gasteiger partial charge in [0.2, 0.25) is 5.91 Å². The van der Waals surface area contributed by atoms with Crippen molar-refractivity contribution >= 4 is 23.6 Å². The highest BCUT2D eigenvalue weighted by molar-refractivity contribution is 5.88. The van der Waals surface area contributed by atoms with Crippen LogP contribution in [0.1, 0.15) is 157 Å². The van der Waals surface area contributed by atoms with Crippen LogP contribution in [-0.2, 0) is 42.9 Å². The fourth-order valence-corrected chi connectivity index (χ4v) is 5.36. The number of unbranched alkanes of at least 4 members (excludes halogenated alkanes) is 13. The molecule has 0 heterocycles. The van der Waals surface area contributed by atoms with Gasteiger partial charge in [-0.3, -0.25) is 19.2 Å². The molecule has 0 aliphatic carbocycles. The monoisotopic (exact) mass is 741 g/mol. The largest absolute Gasteiger partial charge is 0.460 e. The third-order valence-electron chi connectivity index (χ3n) is 7.86. The van der Waals surface area contributed by atoms with Crippen molar-refractivity contribution in [2.75, 3.05) is 52.7 Å². The van der Waals surface area contributed by atoms with Crippen LogP contribution in [0.5, 0.6) is 0 Å². The van der Waals surface area contributed by atoms with E-state index in [2.05, 4.69) is 15.3 Å². The zero-order chi connectivity index (χ0) is 38.9. The van der Waals surface area contributed by atoms with Crippen molar-refractivity contribution in [3.8, 4) is 0 Å². The number of azide groups is 1. The number of rotatable bonds is 34. The van der Waals surface area contributed by atoms with Crippen molar-refractivity contribution in [1.82, 2.24) is 5.32 Å². The van der Waals surface area contributed by atoms with Gasteiger partial charge in [0.1, 0.15) is 17.0 Å². The van der Waals surface area contributed by atoms with E-state index in [0.717, 1.165) is 32.1 Å². The number of carbonyl (C=O) groups excluding carboxylic acids is 4. The zero-order valence-electron chi connectivity index (χ0n) is 33.5. The predicted octanol–water partition coefficient (Wildman–Crippen LogP) is 8.35. The molecule has 0 aliphatic heterocycles. The standard InChI is InChI=1S/C39H72N4O9/c1-38(2,3)51-36(46)22-20-18-16-14-12-10-8-7-9-11-13-15-17-19-21-34(44)31-33(37(47)52-39(4,5)6)32-35(45)41-23-25-48-27-29-50-30-28-49-26-24-42-43-40/h33H,7-32H2,1-6H3,(H,41,45)/t33-/m0/s1. The van der Waals surface area contributed by atoms with E-state index in [-0.39, 0.29) is 50.2 Å². The van der Waals surface area contributed by atoms with Gasteiger partial charge in [-0.2, -0.15) is 0 Å². The minimum absolute atomic E-state index is 0.00248. The Balaban J connectivity index is 4.00. The Hall–Kier alpha value is -2.73. The van der Waals surface area contributed by atoms with Gasteiger partial charge >= 0.3 is 11.9 Å². The van der Waals surface area contributed by atoms with Gasteiger partial charge in [0.25, 0.3) is 0 Å². The molecule has 13 nitrogen and oxygen atoms in total. The number of ketones is 1. The minimum atomic E-state index is -0.820. The number of ether oxygens (including phenoxy) is 5. The van der Waals surface area contributed by atoms with Crippen LogP contribution in [0.3, 0.4) is 0 Å². The second-order valence-electron chi connectivity index (χ2n) is 15.4. The second kappa shape index (κ2) is 31.8. The molecular formula is C39H72N4O9. The van der Waals surface area contributed by atoms with Crippen molar-refractivity contribution in [3.63, 3.8) is 0 Å². The molecule has 0 fully saturated rings. The van der Waals surface area contributed by atoms with Crippen LogP contribution in [0.15, 0.2) is 5.11 Å². The van der Waals surface area contributed by atoms with Gasteiger partial charge in [-0.15, -0.1) is 0 Å². The van der Waals surface area contributed by atoms with E-state index in [1.54, 1.807) is 20.8 Å². The smallest absolute Gasteiger partial charge is 0.310 e. The average Bonchev–Trinajstić information content (AvgIpc) is 3.04. The molecule has 52 heavy (non-hydrogen) atoms. The molecule has 0 spiro atoms. The van der Waals surface area contributed by atoms with Gasteiger partial charge in [-0.05, 0) is 59.9 Å². The first kappa shape index (κ1) is 49.3. The lowest BCUT2D eigenvalue weighted by Gasteiger charge is -2.23. The maximum Gasteiger partial charge on any atom is 0.310 e. The highest BCUT2D eigenvalue weighted by Gasteiger charge is 2.29. The fourth-order valence-electron chi connectivity index (χ4n) is 5.36. The van der Waals surface area contributed by atoms with Gasteiger partial charge in [0, 0.05) is 43.7 Å². The Morgan fingerprint density at radius 1 is 0.596 bits per heavy atom. The van der Waals surface area contributed by atoms with E-state index in [0.29, 0.717) is 45.9 Å². The lowest BCUT2D eigenvalue weighted by molar-refractivity contribution is -0.162. The molecule has 0 bridgehead atoms. The van der Waals surface area contributed by atoms with E-state index in [9.17, 15) is 19.2 Å². The molecule has 1 atom stereocenters. The van der Waals surface area contributed by atoms with Gasteiger partial charge in [-0.25, -0.2) is 0 Å². The van der Waals surface area contributed by atoms with Crippen molar-refractivity contribution < 1.29 is 42.9 Å². The number of esters is 2. The Morgan fingerprint density at radius 2 is 1.04 bits per heavy atom. The third-order valence-corrected chi connectivity index (χ3v) is 7.86. The van der Waals surface area contributed by atoms with Crippen LogP contribution in [0, 0.1) is 5.92 Å². The highest BCUT2D eigenvalue weighted by atomic mass is 16.6. The number of Topliss-reactive ketones (excluding diaryl/α,β-unsaturated/α-hetero) is 1. The molecule has 1 N–H and O–H groups in total. The molecule has 0 aliphatic rings. The molecule has 302 valence electrons. The summed E-state index contributed by atoms with van der Waals surface area (Å²) in [4.78, 5) is 52.6. The summed E-state index contributed by atoms with van der Waals surface area (Å²) < 4.78 is 27.0. The molecule has 1 amide bonds. The van der Waals surface area contributed by atoms with Crippen molar-refractivity contribution in [1.29, 1.82) is 0 Å². The third kappa shape index (κ3) is 35.7. The molecular weight excluding hydrogens is 668 g/mol. The topological polar surface area (TPSA) is 175 Å². The average molecular weight is 741 g/mol. The van der Waals surface area contributed by atoms with Crippen molar-refractivity contribution in [3.05, 3.63) is 10.4 Å². The number of hydrogen-bond donors (Lipinski definition) is 1. The Morgan fingerprint density at radius 3 is 1.52 bits per heavy atom. The quantitative estimate of drug-likeness (QED) is 0.0223. The maximum atomic E-state index is 12.9. The molecule has 13 heteroatoms. The van der Waals surface area contributed by atoms with E-state index >= 15 is 0 Å². The van der Waals surface area contributed by atoms with Gasteiger partial charge < -0.3 is 29.0 Å². The summed E-state index contributed by atoms with van der Waals surface area (Å²) >= 11 is 0. The summed E-state index contributed by atoms with van der Waals surface area (Å²) in [6, 6.07) is 0. The molecule has 0 aromatic carbocycles. The van der Waals surface area contributed by atoms with Gasteiger partial charge in [0.05, 0.1) is 45.6 Å². The molecule has 0 saturated carbocycles. The first-order valence-corrected chi connectivity index (χ1v) is 19.7.